The number of esters is 1. The molecule has 1 aliphatic heterocycles. The molecule has 0 unspecified atom stereocenters. The molecular formula is C19H27N3O5. The fraction of sp³-hybridized carbons (Fsp3) is 0.737. The summed E-state index contributed by atoms with van der Waals surface area (Å²) in [5, 5.41) is 11.7. The van der Waals surface area contributed by atoms with Gasteiger partial charge in [0.2, 0.25) is 11.8 Å². The fourth-order valence-corrected chi connectivity index (χ4v) is 3.50. The molecule has 2 fully saturated rings. The van der Waals surface area contributed by atoms with E-state index < -0.39 is 24.0 Å². The first-order valence-corrected chi connectivity index (χ1v) is 9.42. The molecule has 0 spiro atoms. The van der Waals surface area contributed by atoms with Crippen molar-refractivity contribution >= 4 is 23.7 Å². The third-order valence-corrected chi connectivity index (χ3v) is 5.62. The van der Waals surface area contributed by atoms with Crippen LogP contribution in [0, 0.1) is 29.1 Å². The van der Waals surface area contributed by atoms with Crippen LogP contribution in [0.25, 0.3) is 0 Å². The summed E-state index contributed by atoms with van der Waals surface area (Å²) in [6.45, 7) is 4.68. The molecule has 0 aromatic carbocycles. The zero-order valence-corrected chi connectivity index (χ0v) is 16.1. The van der Waals surface area contributed by atoms with Crippen molar-refractivity contribution in [2.75, 3.05) is 13.2 Å². The molecule has 8 nitrogen and oxygen atoms in total. The molecule has 3 amide bonds. The van der Waals surface area contributed by atoms with Gasteiger partial charge in [-0.2, -0.15) is 5.26 Å². The molecule has 148 valence electrons. The minimum absolute atomic E-state index is 0.0208. The molecular weight excluding hydrogens is 350 g/mol. The predicted octanol–water partition coefficient (Wildman–Crippen LogP) is 1.15. The van der Waals surface area contributed by atoms with E-state index in [1.54, 1.807) is 20.8 Å². The highest BCUT2D eigenvalue weighted by Gasteiger charge is 2.47. The second-order valence-corrected chi connectivity index (χ2v) is 7.75. The number of amides is 3. The van der Waals surface area contributed by atoms with Crippen molar-refractivity contribution in [2.24, 2.45) is 17.8 Å². The Morgan fingerprint density at radius 3 is 2.30 bits per heavy atom. The summed E-state index contributed by atoms with van der Waals surface area (Å²) in [6.07, 6.45) is 3.20. The van der Waals surface area contributed by atoms with E-state index in [4.69, 9.17) is 4.74 Å². The van der Waals surface area contributed by atoms with Crippen LogP contribution in [0.2, 0.25) is 0 Å². The number of nitrogens with one attached hydrogen (secondary N) is 1. The summed E-state index contributed by atoms with van der Waals surface area (Å²) in [4.78, 5) is 49.6. The second-order valence-electron chi connectivity index (χ2n) is 7.75. The van der Waals surface area contributed by atoms with Gasteiger partial charge in [-0.05, 0) is 25.7 Å². The van der Waals surface area contributed by atoms with E-state index >= 15 is 0 Å². The van der Waals surface area contributed by atoms with E-state index in [1.807, 2.05) is 6.07 Å². The van der Waals surface area contributed by atoms with Crippen LogP contribution in [0.15, 0.2) is 0 Å². The first kappa shape index (κ1) is 20.9. The highest BCUT2D eigenvalue weighted by atomic mass is 16.5. The lowest BCUT2D eigenvalue weighted by Crippen LogP contribution is -2.50. The Hall–Kier alpha value is -2.43. The Morgan fingerprint density at radius 2 is 1.81 bits per heavy atom. The second kappa shape index (κ2) is 8.51. The smallest absolute Gasteiger partial charge is 0.308 e. The highest BCUT2D eigenvalue weighted by molar-refractivity contribution is 6.05. The maximum Gasteiger partial charge on any atom is 0.308 e. The third kappa shape index (κ3) is 4.65. The Labute approximate surface area is 159 Å². The number of imide groups is 1. The summed E-state index contributed by atoms with van der Waals surface area (Å²) in [7, 11) is 0. The van der Waals surface area contributed by atoms with Crippen LogP contribution in [0.3, 0.4) is 0 Å². The fourth-order valence-electron chi connectivity index (χ4n) is 3.50. The van der Waals surface area contributed by atoms with Gasteiger partial charge in [-0.25, -0.2) is 0 Å². The van der Waals surface area contributed by atoms with Gasteiger partial charge < -0.3 is 10.1 Å². The molecule has 8 heteroatoms. The van der Waals surface area contributed by atoms with Crippen LogP contribution in [0.4, 0.5) is 0 Å². The quantitative estimate of drug-likeness (QED) is 0.525. The molecule has 1 aliphatic carbocycles. The van der Waals surface area contributed by atoms with Crippen LogP contribution >= 0.6 is 0 Å². The van der Waals surface area contributed by atoms with Gasteiger partial charge in [-0.15, -0.1) is 0 Å². The molecule has 0 bridgehead atoms. The standard InChI is InChI=1S/C19H27N3O5/c1-12(2)19(3,11-20)21-15(23)10-27-16(24)8-9-22-17(25)13-6-4-5-7-14(13)18(22)26/h12-14H,4-10H2,1-3H3,(H,21,23)/t13-,14-,19+/m0/s1. The SMILES string of the molecule is CC(C)[C@@](C)(C#N)NC(=O)COC(=O)CCN1C(=O)[C@H]2CCCC[C@@H]2C1=O. The van der Waals surface area contributed by atoms with Crippen LogP contribution < -0.4 is 5.32 Å². The average Bonchev–Trinajstić information content (AvgIpc) is 2.89. The molecule has 2 aliphatic rings. The number of hydrogen-bond donors (Lipinski definition) is 1. The molecule has 1 saturated heterocycles. The monoisotopic (exact) mass is 377 g/mol. The van der Waals surface area contributed by atoms with Gasteiger partial charge in [0.15, 0.2) is 6.61 Å². The molecule has 1 N–H and O–H groups in total. The van der Waals surface area contributed by atoms with Crippen LogP contribution in [0.5, 0.6) is 0 Å². The number of hydrogen-bond acceptors (Lipinski definition) is 6. The molecule has 0 radical (unpaired) electrons. The molecule has 1 heterocycles. The number of carbonyl (C=O) groups is 4. The maximum absolute atomic E-state index is 12.3. The van der Waals surface area contributed by atoms with Gasteiger partial charge in [0.05, 0.1) is 24.3 Å². The average molecular weight is 377 g/mol. The van der Waals surface area contributed by atoms with Crippen LogP contribution in [0.1, 0.15) is 52.9 Å². The number of rotatable bonds is 7. The van der Waals surface area contributed by atoms with E-state index in [9.17, 15) is 24.4 Å². The lowest BCUT2D eigenvalue weighted by molar-refractivity contribution is -0.150. The molecule has 1 saturated carbocycles. The van der Waals surface area contributed by atoms with E-state index in [0.717, 1.165) is 30.6 Å². The van der Waals surface area contributed by atoms with E-state index in [2.05, 4.69) is 5.32 Å². The number of likely N-dealkylation sites (tertiary alicyclic amines) is 1. The summed E-state index contributed by atoms with van der Waals surface area (Å²) >= 11 is 0. The highest BCUT2D eigenvalue weighted by Crippen LogP contribution is 2.37. The first-order valence-electron chi connectivity index (χ1n) is 9.42. The van der Waals surface area contributed by atoms with Crippen molar-refractivity contribution in [3.63, 3.8) is 0 Å². The zero-order valence-electron chi connectivity index (χ0n) is 16.1. The van der Waals surface area contributed by atoms with E-state index in [-0.39, 0.29) is 42.5 Å². The van der Waals surface area contributed by atoms with Crippen molar-refractivity contribution in [2.45, 2.75) is 58.4 Å². The number of ether oxygens (including phenoxy) is 1. The summed E-state index contributed by atoms with van der Waals surface area (Å²) < 4.78 is 4.91. The number of carbonyl (C=O) groups excluding carboxylic acids is 4. The van der Waals surface area contributed by atoms with E-state index in [0.29, 0.717) is 0 Å². The minimum Gasteiger partial charge on any atom is -0.456 e. The normalized spacial score (nSPS) is 24.2. The topological polar surface area (TPSA) is 117 Å². The van der Waals surface area contributed by atoms with Gasteiger partial charge in [0.25, 0.3) is 5.91 Å². The van der Waals surface area contributed by atoms with Crippen LogP contribution in [-0.2, 0) is 23.9 Å². The van der Waals surface area contributed by atoms with Crippen LogP contribution in [-0.4, -0.2) is 47.3 Å². The largest absolute Gasteiger partial charge is 0.456 e. The van der Waals surface area contributed by atoms with Gasteiger partial charge >= 0.3 is 5.97 Å². The van der Waals surface area contributed by atoms with Gasteiger partial charge in [0.1, 0.15) is 5.54 Å². The lowest BCUT2D eigenvalue weighted by Gasteiger charge is -2.27. The van der Waals surface area contributed by atoms with Crippen molar-refractivity contribution in [1.29, 1.82) is 5.26 Å². The van der Waals surface area contributed by atoms with E-state index in [1.165, 1.54) is 0 Å². The van der Waals surface area contributed by atoms with Crippen molar-refractivity contribution < 1.29 is 23.9 Å². The summed E-state index contributed by atoms with van der Waals surface area (Å²) in [5.74, 6) is -2.23. The maximum atomic E-state index is 12.3. The van der Waals surface area contributed by atoms with Crippen molar-refractivity contribution in [3.8, 4) is 6.07 Å². The predicted molar refractivity (Wildman–Crippen MR) is 94.7 cm³/mol. The minimum atomic E-state index is -1.05. The molecule has 0 aromatic rings. The number of nitrogens with zero attached hydrogens (tertiary/aromatic N) is 2. The van der Waals surface area contributed by atoms with Crippen molar-refractivity contribution in [3.05, 3.63) is 0 Å². The Balaban J connectivity index is 1.78. The summed E-state index contributed by atoms with van der Waals surface area (Å²) in [6, 6.07) is 2.04. The van der Waals surface area contributed by atoms with Gasteiger partial charge in [-0.1, -0.05) is 26.7 Å². The lowest BCUT2D eigenvalue weighted by atomic mass is 9.81. The molecule has 0 aromatic heterocycles. The molecule has 3 atom stereocenters. The third-order valence-electron chi connectivity index (χ3n) is 5.62. The van der Waals surface area contributed by atoms with Gasteiger partial charge in [0, 0.05) is 6.54 Å². The first-order chi connectivity index (χ1) is 12.7. The Morgan fingerprint density at radius 1 is 1.26 bits per heavy atom. The van der Waals surface area contributed by atoms with Crippen molar-refractivity contribution in [1.82, 2.24) is 10.2 Å². The van der Waals surface area contributed by atoms with Gasteiger partial charge in [-0.3, -0.25) is 24.1 Å². The molecule has 2 rings (SSSR count). The Kier molecular flexibility index (Phi) is 6.58. The zero-order chi connectivity index (χ0) is 20.2. The number of fused-ring (bicyclic) bond motifs is 1. The number of nitriles is 1. The summed E-state index contributed by atoms with van der Waals surface area (Å²) in [5.41, 5.74) is -1.05. The molecule has 27 heavy (non-hydrogen) atoms. The Bertz CT molecular complexity index is 645.